The number of rotatable bonds is 6. The molecule has 0 saturated heterocycles. The van der Waals surface area contributed by atoms with Gasteiger partial charge >= 0.3 is 0 Å². The van der Waals surface area contributed by atoms with Crippen LogP contribution >= 0.6 is 11.3 Å². The molecule has 2 aliphatic rings. The minimum Gasteiger partial charge on any atom is -0.457 e. The van der Waals surface area contributed by atoms with Crippen molar-refractivity contribution in [3.63, 3.8) is 0 Å². The molecule has 0 amide bonds. The zero-order chi connectivity index (χ0) is 43.3. The van der Waals surface area contributed by atoms with Crippen molar-refractivity contribution in [2.75, 3.05) is 9.80 Å². The van der Waals surface area contributed by atoms with E-state index >= 15 is 0 Å². The number of anilines is 6. The van der Waals surface area contributed by atoms with Crippen LogP contribution in [0.2, 0.25) is 0 Å². The molecule has 12 aromatic rings. The highest BCUT2D eigenvalue weighted by Gasteiger charge is 2.51. The van der Waals surface area contributed by atoms with Crippen LogP contribution in [0.25, 0.3) is 53.2 Å². The molecule has 1 aliphatic carbocycles. The lowest BCUT2D eigenvalue weighted by Crippen LogP contribution is -2.32. The number of para-hydroxylation sites is 4. The molecule has 3 heterocycles. The highest BCUT2D eigenvalue weighted by molar-refractivity contribution is 7.25. The van der Waals surface area contributed by atoms with Gasteiger partial charge in [0.15, 0.2) is 0 Å². The Bertz CT molecular complexity index is 3800. The van der Waals surface area contributed by atoms with Gasteiger partial charge in [-0.25, -0.2) is 0 Å². The summed E-state index contributed by atoms with van der Waals surface area (Å²) >= 11 is 1.83. The van der Waals surface area contributed by atoms with Crippen LogP contribution in [0.3, 0.4) is 0 Å². The molecule has 310 valence electrons. The highest BCUT2D eigenvalue weighted by atomic mass is 32.1. The molecule has 0 bridgehead atoms. The molecule has 1 spiro atoms. The molecule has 0 radical (unpaired) electrons. The molecule has 0 saturated carbocycles. The van der Waals surface area contributed by atoms with E-state index in [1.165, 1.54) is 42.4 Å². The van der Waals surface area contributed by atoms with Crippen molar-refractivity contribution in [3.8, 4) is 22.6 Å². The molecule has 10 aromatic carbocycles. The van der Waals surface area contributed by atoms with Crippen molar-refractivity contribution < 1.29 is 9.15 Å². The summed E-state index contributed by atoms with van der Waals surface area (Å²) < 4.78 is 16.3. The van der Waals surface area contributed by atoms with Gasteiger partial charge in [-0.1, -0.05) is 146 Å². The van der Waals surface area contributed by atoms with Crippen LogP contribution in [0.4, 0.5) is 34.1 Å². The summed E-state index contributed by atoms with van der Waals surface area (Å²) in [6.07, 6.45) is 0. The molecular weight excluding hydrogens is 825 g/mol. The van der Waals surface area contributed by atoms with Gasteiger partial charge in [0.25, 0.3) is 0 Å². The van der Waals surface area contributed by atoms with Gasteiger partial charge in [0.05, 0.1) is 22.2 Å². The summed E-state index contributed by atoms with van der Waals surface area (Å²) in [5.41, 5.74) is 14.4. The van der Waals surface area contributed by atoms with Gasteiger partial charge in [-0.3, -0.25) is 0 Å². The number of nitrogens with zero attached hydrogens (tertiary/aromatic N) is 2. The Morgan fingerprint density at radius 1 is 0.348 bits per heavy atom. The lowest BCUT2D eigenvalue weighted by molar-refractivity contribution is 0.436. The molecule has 66 heavy (non-hydrogen) atoms. The zero-order valence-electron chi connectivity index (χ0n) is 35.6. The fourth-order valence-corrected chi connectivity index (χ4v) is 12.1. The molecule has 5 heteroatoms. The largest absolute Gasteiger partial charge is 0.457 e. The maximum atomic E-state index is 6.93. The average Bonchev–Trinajstić information content (AvgIpc) is 4.04. The number of fused-ring (bicyclic) bond motifs is 15. The van der Waals surface area contributed by atoms with Crippen molar-refractivity contribution in [2.45, 2.75) is 5.41 Å². The first-order valence-corrected chi connectivity index (χ1v) is 23.2. The van der Waals surface area contributed by atoms with Crippen LogP contribution in [-0.2, 0) is 5.41 Å². The van der Waals surface area contributed by atoms with E-state index in [0.717, 1.165) is 78.7 Å². The summed E-state index contributed by atoms with van der Waals surface area (Å²) in [7, 11) is 0. The topological polar surface area (TPSA) is 28.9 Å². The van der Waals surface area contributed by atoms with E-state index in [9.17, 15) is 0 Å². The van der Waals surface area contributed by atoms with Crippen molar-refractivity contribution in [1.82, 2.24) is 0 Å². The normalized spacial score (nSPS) is 13.1. The van der Waals surface area contributed by atoms with Gasteiger partial charge in [0.2, 0.25) is 0 Å². The monoisotopic (exact) mass is 862 g/mol. The first-order valence-electron chi connectivity index (χ1n) is 22.4. The fourth-order valence-electron chi connectivity index (χ4n) is 11.0. The second kappa shape index (κ2) is 14.3. The third-order valence-electron chi connectivity index (χ3n) is 13.7. The smallest absolute Gasteiger partial charge is 0.139 e. The Morgan fingerprint density at radius 3 is 1.68 bits per heavy atom. The van der Waals surface area contributed by atoms with Crippen LogP contribution in [0.15, 0.2) is 235 Å². The van der Waals surface area contributed by atoms with E-state index in [2.05, 4.69) is 234 Å². The molecule has 0 fully saturated rings. The predicted octanol–water partition coefficient (Wildman–Crippen LogP) is 17.4. The molecule has 4 nitrogen and oxygen atoms in total. The van der Waals surface area contributed by atoms with Gasteiger partial charge in [0.1, 0.15) is 22.7 Å². The highest BCUT2D eigenvalue weighted by Crippen LogP contribution is 2.63. The van der Waals surface area contributed by atoms with E-state index in [1.54, 1.807) is 0 Å². The molecule has 0 unspecified atom stereocenters. The summed E-state index contributed by atoms with van der Waals surface area (Å²) in [5, 5.41) is 4.64. The second-order valence-corrected chi connectivity index (χ2v) is 18.3. The van der Waals surface area contributed by atoms with Crippen molar-refractivity contribution in [3.05, 3.63) is 253 Å². The number of hydrogen-bond acceptors (Lipinski definition) is 5. The standard InChI is InChI=1S/C61H38N2O2S/c1-3-17-39(18-4-1)63(40-19-5-2-6-20-40)53-36-43(37-57-60(53)48-24-9-14-28-54(48)64-57)62(42-31-33-47-46-23-10-16-30-58(46)66-59(47)38-42)41-32-34-56-52(35-41)61(51-27-13-15-29-55(51)65-56)49-25-11-7-21-44(49)45-22-8-12-26-50(45)61/h1-38H. The summed E-state index contributed by atoms with van der Waals surface area (Å²) in [5.74, 6) is 1.72. The maximum Gasteiger partial charge on any atom is 0.139 e. The van der Waals surface area contributed by atoms with Crippen molar-refractivity contribution in [2.24, 2.45) is 0 Å². The van der Waals surface area contributed by atoms with Gasteiger partial charge in [-0.05, 0) is 101 Å². The molecule has 0 N–H and O–H groups in total. The SMILES string of the molecule is c1ccc(N(c2ccccc2)c2cc(N(c3ccc4c(c3)C3(c5ccccc5O4)c4ccccc4-c4ccccc43)c3ccc4c(c3)sc3ccccc34)cc3oc4ccccc4c23)cc1. The lowest BCUT2D eigenvalue weighted by atomic mass is 9.66. The van der Waals surface area contributed by atoms with Gasteiger partial charge in [0, 0.05) is 65.5 Å². The van der Waals surface area contributed by atoms with E-state index in [-0.39, 0.29) is 0 Å². The Hall–Kier alpha value is -8.38. The van der Waals surface area contributed by atoms with Crippen LogP contribution in [0.5, 0.6) is 11.5 Å². The molecule has 0 atom stereocenters. The number of thiophene rings is 1. The third-order valence-corrected chi connectivity index (χ3v) is 14.8. The Balaban J connectivity index is 1.08. The maximum absolute atomic E-state index is 6.93. The van der Waals surface area contributed by atoms with Crippen LogP contribution in [0.1, 0.15) is 22.3 Å². The molecule has 14 rings (SSSR count). The number of ether oxygens (including phenoxy) is 1. The summed E-state index contributed by atoms with van der Waals surface area (Å²) in [4.78, 5) is 4.77. The van der Waals surface area contributed by atoms with Crippen molar-refractivity contribution >= 4 is 87.6 Å². The van der Waals surface area contributed by atoms with E-state index < -0.39 is 5.41 Å². The quantitative estimate of drug-likeness (QED) is 0.167. The van der Waals surface area contributed by atoms with Gasteiger partial charge in [-0.15, -0.1) is 11.3 Å². The van der Waals surface area contributed by atoms with E-state index in [1.807, 2.05) is 17.4 Å². The minimum absolute atomic E-state index is 0.625. The second-order valence-electron chi connectivity index (χ2n) is 17.2. The third kappa shape index (κ3) is 5.32. The molecule has 1 aliphatic heterocycles. The van der Waals surface area contributed by atoms with Gasteiger partial charge in [-0.2, -0.15) is 0 Å². The Morgan fingerprint density at radius 2 is 0.924 bits per heavy atom. The van der Waals surface area contributed by atoms with Crippen LogP contribution in [-0.4, -0.2) is 0 Å². The van der Waals surface area contributed by atoms with E-state index in [4.69, 9.17) is 9.15 Å². The first-order chi connectivity index (χ1) is 32.7. The molecule has 2 aromatic heterocycles. The first kappa shape index (κ1) is 37.0. The van der Waals surface area contributed by atoms with Crippen LogP contribution < -0.4 is 14.5 Å². The summed E-state index contributed by atoms with van der Waals surface area (Å²) in [6, 6.07) is 83.1. The molecular formula is C61H38N2O2S. The summed E-state index contributed by atoms with van der Waals surface area (Å²) in [6.45, 7) is 0. The number of hydrogen-bond donors (Lipinski definition) is 0. The minimum atomic E-state index is -0.625. The van der Waals surface area contributed by atoms with E-state index in [0.29, 0.717) is 0 Å². The average molecular weight is 863 g/mol. The predicted molar refractivity (Wildman–Crippen MR) is 273 cm³/mol. The fraction of sp³-hybridized carbons (Fsp3) is 0.0164. The van der Waals surface area contributed by atoms with Crippen LogP contribution in [0, 0.1) is 0 Å². The van der Waals surface area contributed by atoms with Gasteiger partial charge < -0.3 is 19.0 Å². The zero-order valence-corrected chi connectivity index (χ0v) is 36.4. The van der Waals surface area contributed by atoms with Crippen molar-refractivity contribution in [1.29, 1.82) is 0 Å². The Kier molecular flexibility index (Phi) is 8.03. The lowest BCUT2D eigenvalue weighted by Gasteiger charge is -2.40. The number of furan rings is 1. The number of benzene rings is 10. The Labute approximate surface area is 385 Å².